The molecular formula is C23H29N3O3+2. The van der Waals surface area contributed by atoms with Crippen LogP contribution < -0.4 is 19.9 Å². The minimum absolute atomic E-state index is 0.0979. The number of nitrogens with two attached hydrogens (primary N) is 1. The van der Waals surface area contributed by atoms with Gasteiger partial charge in [0.1, 0.15) is 12.3 Å². The number of likely N-dealkylation sites (tertiary alicyclic amines) is 1. The van der Waals surface area contributed by atoms with Crippen molar-refractivity contribution in [2.45, 2.75) is 37.9 Å². The van der Waals surface area contributed by atoms with Crippen molar-refractivity contribution in [2.75, 3.05) is 25.1 Å². The molecule has 0 bridgehead atoms. The zero-order valence-corrected chi connectivity index (χ0v) is 16.8. The quantitative estimate of drug-likeness (QED) is 0.684. The SMILES string of the molecule is COc1ccc(N2C(=O)C[C@H]([NH2+]C3CC[NH+](Cc4ccccc4)CC3)C2=O)cc1. The van der Waals surface area contributed by atoms with Crippen LogP contribution >= 0.6 is 0 Å². The second-order valence-corrected chi connectivity index (χ2v) is 8.02. The summed E-state index contributed by atoms with van der Waals surface area (Å²) in [5.74, 6) is 0.494. The number of benzene rings is 2. The Morgan fingerprint density at radius 1 is 1.03 bits per heavy atom. The number of carbonyl (C=O) groups excluding carboxylic acids is 2. The van der Waals surface area contributed by atoms with Gasteiger partial charge in [0.2, 0.25) is 5.91 Å². The summed E-state index contributed by atoms with van der Waals surface area (Å²) < 4.78 is 5.16. The van der Waals surface area contributed by atoms with Gasteiger partial charge in [-0.2, -0.15) is 0 Å². The molecule has 2 aliphatic heterocycles. The fourth-order valence-corrected chi connectivity index (χ4v) is 4.44. The highest BCUT2D eigenvalue weighted by atomic mass is 16.5. The molecule has 2 fully saturated rings. The third-order valence-corrected chi connectivity index (χ3v) is 6.05. The molecular weight excluding hydrogens is 366 g/mol. The molecule has 1 atom stereocenters. The number of amides is 2. The molecule has 6 nitrogen and oxygen atoms in total. The van der Waals surface area contributed by atoms with Crippen molar-refractivity contribution in [3.63, 3.8) is 0 Å². The Morgan fingerprint density at radius 3 is 2.38 bits per heavy atom. The maximum atomic E-state index is 12.9. The number of anilines is 1. The summed E-state index contributed by atoms with van der Waals surface area (Å²) in [7, 11) is 1.60. The molecule has 6 heteroatoms. The molecule has 0 aromatic heterocycles. The molecule has 2 aromatic rings. The predicted octanol–water partition coefficient (Wildman–Crippen LogP) is 0.138. The van der Waals surface area contributed by atoms with Crippen molar-refractivity contribution in [3.8, 4) is 5.75 Å². The lowest BCUT2D eigenvalue weighted by atomic mass is 10.0. The lowest BCUT2D eigenvalue weighted by Gasteiger charge is -2.29. The second kappa shape index (κ2) is 8.76. The van der Waals surface area contributed by atoms with Crippen LogP contribution in [0.25, 0.3) is 0 Å². The summed E-state index contributed by atoms with van der Waals surface area (Å²) in [6.07, 6.45) is 2.42. The van der Waals surface area contributed by atoms with Gasteiger partial charge in [0.15, 0.2) is 6.04 Å². The fraction of sp³-hybridized carbons (Fsp3) is 0.391. The highest BCUT2D eigenvalue weighted by Gasteiger charge is 2.44. The van der Waals surface area contributed by atoms with Crippen LogP contribution in [0.1, 0.15) is 24.8 Å². The number of rotatable bonds is 6. The first-order chi connectivity index (χ1) is 14.1. The Labute approximate surface area is 171 Å². The van der Waals surface area contributed by atoms with Gasteiger partial charge in [-0.1, -0.05) is 30.3 Å². The van der Waals surface area contributed by atoms with Gasteiger partial charge >= 0.3 is 0 Å². The van der Waals surface area contributed by atoms with Crippen molar-refractivity contribution in [2.24, 2.45) is 0 Å². The topological polar surface area (TPSA) is 67.7 Å². The van der Waals surface area contributed by atoms with Crippen LogP contribution in [-0.4, -0.2) is 44.1 Å². The average Bonchev–Trinajstić information content (AvgIpc) is 3.03. The van der Waals surface area contributed by atoms with E-state index in [9.17, 15) is 9.59 Å². The normalized spacial score (nSPS) is 24.7. The van der Waals surface area contributed by atoms with Crippen LogP contribution in [0.5, 0.6) is 5.75 Å². The summed E-state index contributed by atoms with van der Waals surface area (Å²) in [4.78, 5) is 28.3. The zero-order valence-electron chi connectivity index (χ0n) is 16.8. The third kappa shape index (κ3) is 4.49. The van der Waals surface area contributed by atoms with Gasteiger partial charge in [-0.25, -0.2) is 4.90 Å². The van der Waals surface area contributed by atoms with Gasteiger partial charge in [0.25, 0.3) is 5.91 Å². The van der Waals surface area contributed by atoms with Crippen LogP contribution in [-0.2, 0) is 16.1 Å². The molecule has 0 saturated carbocycles. The summed E-state index contributed by atoms with van der Waals surface area (Å²) in [5.41, 5.74) is 2.00. The first-order valence-corrected chi connectivity index (χ1v) is 10.4. The van der Waals surface area contributed by atoms with Gasteiger partial charge in [0.05, 0.1) is 38.3 Å². The van der Waals surface area contributed by atoms with Gasteiger partial charge in [0, 0.05) is 18.4 Å². The molecule has 3 N–H and O–H groups in total. The number of nitrogens with one attached hydrogen (secondary N) is 1. The molecule has 2 aromatic carbocycles. The number of ether oxygens (including phenoxy) is 1. The number of hydrogen-bond donors (Lipinski definition) is 2. The van der Waals surface area contributed by atoms with Crippen molar-refractivity contribution < 1.29 is 24.5 Å². The summed E-state index contributed by atoms with van der Waals surface area (Å²) in [5, 5.41) is 2.14. The Morgan fingerprint density at radius 2 is 1.72 bits per heavy atom. The molecule has 2 amide bonds. The van der Waals surface area contributed by atoms with E-state index >= 15 is 0 Å². The van der Waals surface area contributed by atoms with Crippen molar-refractivity contribution in [1.82, 2.24) is 0 Å². The molecule has 2 aliphatic rings. The van der Waals surface area contributed by atoms with Gasteiger partial charge in [-0.15, -0.1) is 0 Å². The molecule has 4 rings (SSSR count). The van der Waals surface area contributed by atoms with Crippen molar-refractivity contribution in [3.05, 3.63) is 60.2 Å². The fourth-order valence-electron chi connectivity index (χ4n) is 4.44. The van der Waals surface area contributed by atoms with Gasteiger partial charge < -0.3 is 15.0 Å². The molecule has 29 heavy (non-hydrogen) atoms. The van der Waals surface area contributed by atoms with Crippen LogP contribution in [0.15, 0.2) is 54.6 Å². The van der Waals surface area contributed by atoms with Crippen LogP contribution in [0, 0.1) is 0 Å². The standard InChI is InChI=1S/C23H27N3O3/c1-29-20-9-7-19(8-10-20)26-22(27)15-21(23(26)28)24-18-11-13-25(14-12-18)16-17-5-3-2-4-6-17/h2-10,18,21,24H,11-16H2,1H3/p+2/t21-/m0/s1. The van der Waals surface area contributed by atoms with Crippen LogP contribution in [0.4, 0.5) is 5.69 Å². The van der Waals surface area contributed by atoms with Crippen LogP contribution in [0.3, 0.4) is 0 Å². The van der Waals surface area contributed by atoms with E-state index in [4.69, 9.17) is 4.74 Å². The third-order valence-electron chi connectivity index (χ3n) is 6.05. The number of piperidine rings is 1. The summed E-state index contributed by atoms with van der Waals surface area (Å²) in [6, 6.07) is 17.8. The zero-order chi connectivity index (χ0) is 20.2. The van der Waals surface area contributed by atoms with E-state index in [1.54, 1.807) is 36.3 Å². The van der Waals surface area contributed by atoms with E-state index in [-0.39, 0.29) is 24.3 Å². The summed E-state index contributed by atoms with van der Waals surface area (Å²) >= 11 is 0. The first-order valence-electron chi connectivity index (χ1n) is 10.4. The van der Waals surface area contributed by atoms with Gasteiger partial charge in [-0.3, -0.25) is 9.59 Å². The Kier molecular flexibility index (Phi) is 5.92. The van der Waals surface area contributed by atoms with Crippen molar-refractivity contribution >= 4 is 17.5 Å². The van der Waals surface area contributed by atoms with Crippen LogP contribution in [0.2, 0.25) is 0 Å². The Balaban J connectivity index is 1.31. The molecule has 2 saturated heterocycles. The van der Waals surface area contributed by atoms with E-state index in [1.807, 2.05) is 0 Å². The highest BCUT2D eigenvalue weighted by molar-refractivity contribution is 6.21. The molecule has 0 radical (unpaired) electrons. The molecule has 0 aliphatic carbocycles. The Bertz CT molecular complexity index is 845. The number of methoxy groups -OCH3 is 1. The Hall–Kier alpha value is -2.70. The lowest BCUT2D eigenvalue weighted by Crippen LogP contribution is -3.14. The second-order valence-electron chi connectivity index (χ2n) is 8.02. The number of imide groups is 1. The summed E-state index contributed by atoms with van der Waals surface area (Å²) in [6.45, 7) is 3.26. The highest BCUT2D eigenvalue weighted by Crippen LogP contribution is 2.24. The molecule has 0 unspecified atom stereocenters. The van der Waals surface area contributed by atoms with Crippen molar-refractivity contribution in [1.29, 1.82) is 0 Å². The maximum absolute atomic E-state index is 12.9. The predicted molar refractivity (Wildman–Crippen MR) is 110 cm³/mol. The maximum Gasteiger partial charge on any atom is 0.292 e. The van der Waals surface area contributed by atoms with E-state index in [0.29, 0.717) is 17.5 Å². The largest absolute Gasteiger partial charge is 0.497 e. The average molecular weight is 396 g/mol. The van der Waals surface area contributed by atoms with E-state index in [0.717, 1.165) is 32.5 Å². The van der Waals surface area contributed by atoms with E-state index in [2.05, 4.69) is 35.6 Å². The molecule has 0 spiro atoms. The van der Waals surface area contributed by atoms with E-state index < -0.39 is 0 Å². The number of carbonyl (C=O) groups is 2. The van der Waals surface area contributed by atoms with E-state index in [1.165, 1.54) is 10.5 Å². The lowest BCUT2D eigenvalue weighted by molar-refractivity contribution is -0.926. The monoisotopic (exact) mass is 395 g/mol. The number of hydrogen-bond acceptors (Lipinski definition) is 3. The number of nitrogens with zero attached hydrogens (tertiary/aromatic N) is 1. The smallest absolute Gasteiger partial charge is 0.292 e. The molecule has 2 heterocycles. The molecule has 152 valence electrons. The first kappa shape index (κ1) is 19.6. The minimum Gasteiger partial charge on any atom is -0.497 e. The number of quaternary nitrogens is 2. The minimum atomic E-state index is -0.301. The van der Waals surface area contributed by atoms with Gasteiger partial charge in [-0.05, 0) is 24.3 Å².